The van der Waals surface area contributed by atoms with Crippen LogP contribution in [0.5, 0.6) is 0 Å². The number of hydrogen-bond donors (Lipinski definition) is 1. The molecule has 0 aliphatic carbocycles. The molecule has 1 heterocycles. The SMILES string of the molecule is Cc1ccc(N2CCCN(C)CC2CN)cc1C. The molecule has 2 N–H and O–H groups in total. The van der Waals surface area contributed by atoms with Crippen LogP contribution in [0.25, 0.3) is 0 Å². The van der Waals surface area contributed by atoms with Crippen LogP contribution in [0.15, 0.2) is 18.2 Å². The number of benzene rings is 1. The molecule has 3 nitrogen and oxygen atoms in total. The lowest BCUT2D eigenvalue weighted by atomic mass is 10.1. The Labute approximate surface area is 111 Å². The van der Waals surface area contributed by atoms with Crippen molar-refractivity contribution >= 4 is 5.69 Å². The molecule has 1 fully saturated rings. The van der Waals surface area contributed by atoms with Crippen molar-refractivity contribution in [3.63, 3.8) is 0 Å². The van der Waals surface area contributed by atoms with E-state index in [4.69, 9.17) is 5.73 Å². The number of hydrogen-bond acceptors (Lipinski definition) is 3. The Morgan fingerprint density at radius 2 is 2.00 bits per heavy atom. The van der Waals surface area contributed by atoms with Gasteiger partial charge in [0.2, 0.25) is 0 Å². The summed E-state index contributed by atoms with van der Waals surface area (Å²) in [6, 6.07) is 7.17. The lowest BCUT2D eigenvalue weighted by Gasteiger charge is -2.32. The predicted octanol–water partition coefficient (Wildman–Crippen LogP) is 1.77. The first-order chi connectivity index (χ1) is 8.61. The van der Waals surface area contributed by atoms with Crippen LogP contribution in [0.2, 0.25) is 0 Å². The molecule has 1 aliphatic heterocycles. The molecule has 0 amide bonds. The minimum Gasteiger partial charge on any atom is -0.366 e. The molecule has 100 valence electrons. The summed E-state index contributed by atoms with van der Waals surface area (Å²) in [5, 5.41) is 0. The summed E-state index contributed by atoms with van der Waals surface area (Å²) < 4.78 is 0. The van der Waals surface area contributed by atoms with Crippen LogP contribution >= 0.6 is 0 Å². The first kappa shape index (κ1) is 13.4. The average Bonchev–Trinajstić information content (AvgIpc) is 2.54. The number of likely N-dealkylation sites (N-methyl/N-ethyl adjacent to an activating group) is 1. The Hall–Kier alpha value is -1.06. The zero-order valence-electron chi connectivity index (χ0n) is 11.8. The van der Waals surface area contributed by atoms with E-state index in [1.54, 1.807) is 0 Å². The zero-order chi connectivity index (χ0) is 13.1. The van der Waals surface area contributed by atoms with Gasteiger partial charge in [0.15, 0.2) is 0 Å². The topological polar surface area (TPSA) is 32.5 Å². The van der Waals surface area contributed by atoms with Gasteiger partial charge in [-0.3, -0.25) is 0 Å². The van der Waals surface area contributed by atoms with Crippen LogP contribution < -0.4 is 10.6 Å². The highest BCUT2D eigenvalue weighted by Crippen LogP contribution is 2.22. The minimum atomic E-state index is 0.430. The summed E-state index contributed by atoms with van der Waals surface area (Å²) >= 11 is 0. The van der Waals surface area contributed by atoms with Crippen molar-refractivity contribution in [3.05, 3.63) is 29.3 Å². The van der Waals surface area contributed by atoms with E-state index < -0.39 is 0 Å². The van der Waals surface area contributed by atoms with Gasteiger partial charge in [0.1, 0.15) is 0 Å². The summed E-state index contributed by atoms with van der Waals surface area (Å²) in [6.07, 6.45) is 1.21. The molecular formula is C15H25N3. The number of rotatable bonds is 2. The van der Waals surface area contributed by atoms with Crippen LogP contribution in [0, 0.1) is 13.8 Å². The molecule has 0 spiro atoms. The molecule has 3 heteroatoms. The lowest BCUT2D eigenvalue weighted by molar-refractivity contribution is 0.332. The van der Waals surface area contributed by atoms with E-state index in [0.29, 0.717) is 6.04 Å². The summed E-state index contributed by atoms with van der Waals surface area (Å²) in [6.45, 7) is 8.39. The van der Waals surface area contributed by atoms with E-state index in [1.807, 2.05) is 0 Å². The van der Waals surface area contributed by atoms with Crippen molar-refractivity contribution < 1.29 is 0 Å². The molecule has 1 saturated heterocycles. The molecule has 1 aliphatic rings. The molecule has 18 heavy (non-hydrogen) atoms. The van der Waals surface area contributed by atoms with Crippen molar-refractivity contribution in [2.24, 2.45) is 5.73 Å². The van der Waals surface area contributed by atoms with Gasteiger partial charge in [-0.15, -0.1) is 0 Å². The lowest BCUT2D eigenvalue weighted by Crippen LogP contribution is -2.45. The van der Waals surface area contributed by atoms with Crippen LogP contribution in [-0.2, 0) is 0 Å². The Balaban J connectivity index is 2.25. The minimum absolute atomic E-state index is 0.430. The highest BCUT2D eigenvalue weighted by atomic mass is 15.2. The van der Waals surface area contributed by atoms with Gasteiger partial charge < -0.3 is 15.5 Å². The second-order valence-corrected chi connectivity index (χ2v) is 5.47. The summed E-state index contributed by atoms with van der Waals surface area (Å²) in [5.41, 5.74) is 10.0. The summed E-state index contributed by atoms with van der Waals surface area (Å²) in [7, 11) is 2.19. The van der Waals surface area contributed by atoms with E-state index in [2.05, 4.69) is 48.9 Å². The molecular weight excluding hydrogens is 222 g/mol. The number of nitrogens with zero attached hydrogens (tertiary/aromatic N) is 2. The highest BCUT2D eigenvalue weighted by molar-refractivity contribution is 5.51. The first-order valence-electron chi connectivity index (χ1n) is 6.84. The molecule has 2 rings (SSSR count). The quantitative estimate of drug-likeness (QED) is 0.864. The maximum absolute atomic E-state index is 5.96. The van der Waals surface area contributed by atoms with Crippen molar-refractivity contribution in [2.45, 2.75) is 26.3 Å². The Morgan fingerprint density at radius 3 is 2.67 bits per heavy atom. The number of aryl methyl sites for hydroxylation is 2. The van der Waals surface area contributed by atoms with E-state index in [-0.39, 0.29) is 0 Å². The third-order valence-corrected chi connectivity index (χ3v) is 4.00. The maximum atomic E-state index is 5.96. The van der Waals surface area contributed by atoms with Crippen molar-refractivity contribution in [3.8, 4) is 0 Å². The third kappa shape index (κ3) is 2.85. The van der Waals surface area contributed by atoms with Crippen molar-refractivity contribution in [1.29, 1.82) is 0 Å². The molecule has 0 aromatic heterocycles. The third-order valence-electron chi connectivity index (χ3n) is 4.00. The fourth-order valence-electron chi connectivity index (χ4n) is 2.69. The fourth-order valence-corrected chi connectivity index (χ4v) is 2.69. The average molecular weight is 247 g/mol. The molecule has 1 unspecified atom stereocenters. The van der Waals surface area contributed by atoms with Gasteiger partial charge >= 0.3 is 0 Å². The van der Waals surface area contributed by atoms with Gasteiger partial charge in [0.05, 0.1) is 6.04 Å². The van der Waals surface area contributed by atoms with Gasteiger partial charge in [-0.2, -0.15) is 0 Å². The predicted molar refractivity (Wildman–Crippen MR) is 78.2 cm³/mol. The smallest absolute Gasteiger partial charge is 0.0539 e. The standard InChI is InChI=1S/C15H25N3/c1-12-5-6-14(9-13(12)2)18-8-4-7-17(3)11-15(18)10-16/h5-6,9,15H,4,7-8,10-11,16H2,1-3H3. The largest absolute Gasteiger partial charge is 0.366 e. The first-order valence-corrected chi connectivity index (χ1v) is 6.84. The second-order valence-electron chi connectivity index (χ2n) is 5.47. The highest BCUT2D eigenvalue weighted by Gasteiger charge is 2.22. The summed E-state index contributed by atoms with van der Waals surface area (Å²) in [5.74, 6) is 0. The van der Waals surface area contributed by atoms with Gasteiger partial charge in [-0.25, -0.2) is 0 Å². The Bertz CT molecular complexity index is 403. The van der Waals surface area contributed by atoms with Crippen molar-refractivity contribution in [2.75, 3.05) is 38.1 Å². The van der Waals surface area contributed by atoms with Gasteiger partial charge in [-0.05, 0) is 57.1 Å². The molecule has 1 atom stereocenters. The molecule has 0 bridgehead atoms. The van der Waals surface area contributed by atoms with Gasteiger partial charge in [-0.1, -0.05) is 6.07 Å². The van der Waals surface area contributed by atoms with Gasteiger partial charge in [0, 0.05) is 25.3 Å². The second kappa shape index (κ2) is 5.72. The fraction of sp³-hybridized carbons (Fsp3) is 0.600. The summed E-state index contributed by atoms with van der Waals surface area (Å²) in [4.78, 5) is 4.87. The molecule has 0 radical (unpaired) electrons. The van der Waals surface area contributed by atoms with E-state index >= 15 is 0 Å². The zero-order valence-corrected chi connectivity index (χ0v) is 11.8. The molecule has 1 aromatic carbocycles. The van der Waals surface area contributed by atoms with E-state index in [0.717, 1.165) is 26.2 Å². The van der Waals surface area contributed by atoms with E-state index in [1.165, 1.54) is 23.2 Å². The molecule has 0 saturated carbocycles. The van der Waals surface area contributed by atoms with Crippen LogP contribution in [-0.4, -0.2) is 44.2 Å². The monoisotopic (exact) mass is 247 g/mol. The Morgan fingerprint density at radius 1 is 1.22 bits per heavy atom. The normalized spacial score (nSPS) is 22.0. The van der Waals surface area contributed by atoms with Gasteiger partial charge in [0.25, 0.3) is 0 Å². The van der Waals surface area contributed by atoms with E-state index in [9.17, 15) is 0 Å². The van der Waals surface area contributed by atoms with Crippen LogP contribution in [0.3, 0.4) is 0 Å². The van der Waals surface area contributed by atoms with Crippen molar-refractivity contribution in [1.82, 2.24) is 4.90 Å². The van der Waals surface area contributed by atoms with Crippen LogP contribution in [0.1, 0.15) is 17.5 Å². The Kier molecular flexibility index (Phi) is 4.25. The number of nitrogens with two attached hydrogens (primary N) is 1. The van der Waals surface area contributed by atoms with Crippen LogP contribution in [0.4, 0.5) is 5.69 Å². The molecule has 1 aromatic rings. The number of anilines is 1. The maximum Gasteiger partial charge on any atom is 0.0539 e.